The van der Waals surface area contributed by atoms with E-state index in [0.717, 1.165) is 23.1 Å². The van der Waals surface area contributed by atoms with Gasteiger partial charge in [0.2, 0.25) is 5.91 Å². The van der Waals surface area contributed by atoms with Crippen LogP contribution in [-0.2, 0) is 4.79 Å². The summed E-state index contributed by atoms with van der Waals surface area (Å²) in [6.07, 6.45) is 1.44. The Hall–Kier alpha value is -1.03. The van der Waals surface area contributed by atoms with Crippen LogP contribution < -0.4 is 5.32 Å². The van der Waals surface area contributed by atoms with Crippen molar-refractivity contribution in [2.24, 2.45) is 0 Å². The molecule has 3 nitrogen and oxygen atoms in total. The van der Waals surface area contributed by atoms with E-state index in [2.05, 4.69) is 40.3 Å². The molecule has 1 aromatic carbocycles. The van der Waals surface area contributed by atoms with Gasteiger partial charge in [0, 0.05) is 37.2 Å². The van der Waals surface area contributed by atoms with Crippen molar-refractivity contribution in [3.63, 3.8) is 0 Å². The third kappa shape index (κ3) is 4.77. The summed E-state index contributed by atoms with van der Waals surface area (Å²) in [5, 5.41) is 3.31. The van der Waals surface area contributed by atoms with E-state index in [4.69, 9.17) is 0 Å². The predicted molar refractivity (Wildman–Crippen MR) is 75.3 cm³/mol. The topological polar surface area (TPSA) is 32.3 Å². The SMILES string of the molecule is Cc1ccc(NCCCC(=O)N(C)C)cc1Br. The van der Waals surface area contributed by atoms with Gasteiger partial charge in [-0.2, -0.15) is 0 Å². The maximum absolute atomic E-state index is 11.3. The molecule has 0 saturated heterocycles. The molecule has 0 radical (unpaired) electrons. The highest BCUT2D eigenvalue weighted by molar-refractivity contribution is 9.10. The number of aryl methyl sites for hydroxylation is 1. The normalized spacial score (nSPS) is 10.1. The third-order valence-corrected chi connectivity index (χ3v) is 3.42. The quantitative estimate of drug-likeness (QED) is 0.848. The Bertz CT molecular complexity index is 391. The van der Waals surface area contributed by atoms with Crippen LogP contribution in [0.2, 0.25) is 0 Å². The fourth-order valence-electron chi connectivity index (χ4n) is 1.40. The molecule has 0 unspecified atom stereocenters. The molecule has 4 heteroatoms. The van der Waals surface area contributed by atoms with Crippen LogP contribution in [0.5, 0.6) is 0 Å². The molecule has 0 fully saturated rings. The molecule has 0 atom stereocenters. The number of nitrogens with one attached hydrogen (secondary N) is 1. The van der Waals surface area contributed by atoms with Gasteiger partial charge in [0.15, 0.2) is 0 Å². The van der Waals surface area contributed by atoms with Crippen LogP contribution in [0, 0.1) is 6.92 Å². The molecule has 0 aromatic heterocycles. The predicted octanol–water partition coefficient (Wildman–Crippen LogP) is 3.04. The number of amides is 1. The average molecular weight is 299 g/mol. The van der Waals surface area contributed by atoms with Crippen LogP contribution in [0.4, 0.5) is 5.69 Å². The first-order valence-electron chi connectivity index (χ1n) is 5.71. The van der Waals surface area contributed by atoms with Crippen molar-refractivity contribution in [1.82, 2.24) is 4.90 Å². The Labute approximate surface area is 111 Å². The van der Waals surface area contributed by atoms with Crippen molar-refractivity contribution >= 4 is 27.5 Å². The second-order valence-electron chi connectivity index (χ2n) is 4.28. The summed E-state index contributed by atoms with van der Waals surface area (Å²) >= 11 is 3.50. The van der Waals surface area contributed by atoms with Gasteiger partial charge >= 0.3 is 0 Å². The highest BCUT2D eigenvalue weighted by Crippen LogP contribution is 2.20. The molecule has 0 aliphatic carbocycles. The fraction of sp³-hybridized carbons (Fsp3) is 0.462. The number of hydrogen-bond donors (Lipinski definition) is 1. The summed E-state index contributed by atoms with van der Waals surface area (Å²) in [5.41, 5.74) is 2.30. The van der Waals surface area contributed by atoms with Crippen LogP contribution >= 0.6 is 15.9 Å². The highest BCUT2D eigenvalue weighted by atomic mass is 79.9. The first-order chi connectivity index (χ1) is 8.00. The maximum atomic E-state index is 11.3. The van der Waals surface area contributed by atoms with E-state index in [1.807, 2.05) is 6.07 Å². The second-order valence-corrected chi connectivity index (χ2v) is 5.14. The van der Waals surface area contributed by atoms with E-state index in [1.54, 1.807) is 19.0 Å². The van der Waals surface area contributed by atoms with Gasteiger partial charge in [-0.15, -0.1) is 0 Å². The minimum Gasteiger partial charge on any atom is -0.385 e. The Morgan fingerprint density at radius 2 is 2.12 bits per heavy atom. The molecule has 1 N–H and O–H groups in total. The number of anilines is 1. The second kappa shape index (κ2) is 6.64. The number of nitrogens with zero attached hydrogens (tertiary/aromatic N) is 1. The minimum absolute atomic E-state index is 0.178. The lowest BCUT2D eigenvalue weighted by atomic mass is 10.2. The van der Waals surface area contributed by atoms with Gasteiger partial charge in [-0.1, -0.05) is 22.0 Å². The van der Waals surface area contributed by atoms with E-state index in [-0.39, 0.29) is 5.91 Å². The summed E-state index contributed by atoms with van der Waals surface area (Å²) in [5.74, 6) is 0.178. The molecule has 1 aromatic rings. The van der Waals surface area contributed by atoms with Gasteiger partial charge in [0.05, 0.1) is 0 Å². The van der Waals surface area contributed by atoms with Gasteiger partial charge in [-0.25, -0.2) is 0 Å². The van der Waals surface area contributed by atoms with Crippen LogP contribution in [0.3, 0.4) is 0 Å². The standard InChI is InChI=1S/C13H19BrN2O/c1-10-6-7-11(9-12(10)14)15-8-4-5-13(17)16(2)3/h6-7,9,15H,4-5,8H2,1-3H3. The number of hydrogen-bond acceptors (Lipinski definition) is 2. The lowest BCUT2D eigenvalue weighted by molar-refractivity contribution is -0.128. The van der Waals surface area contributed by atoms with Crippen molar-refractivity contribution < 1.29 is 4.79 Å². The summed E-state index contributed by atoms with van der Waals surface area (Å²) < 4.78 is 1.10. The third-order valence-electron chi connectivity index (χ3n) is 2.57. The molecule has 94 valence electrons. The van der Waals surface area contributed by atoms with Crippen LogP contribution in [0.15, 0.2) is 22.7 Å². The fourth-order valence-corrected chi connectivity index (χ4v) is 1.78. The van der Waals surface area contributed by atoms with Crippen molar-refractivity contribution in [3.8, 4) is 0 Å². The first-order valence-corrected chi connectivity index (χ1v) is 6.50. The summed E-state index contributed by atoms with van der Waals surface area (Å²) in [6, 6.07) is 6.17. The molecule has 1 amide bonds. The van der Waals surface area contributed by atoms with E-state index < -0.39 is 0 Å². The number of halogens is 1. The zero-order valence-electron chi connectivity index (χ0n) is 10.6. The Kier molecular flexibility index (Phi) is 5.48. The molecule has 0 bridgehead atoms. The van der Waals surface area contributed by atoms with Gasteiger partial charge in [0.1, 0.15) is 0 Å². The van der Waals surface area contributed by atoms with E-state index in [1.165, 1.54) is 5.56 Å². The van der Waals surface area contributed by atoms with E-state index in [0.29, 0.717) is 6.42 Å². The number of rotatable bonds is 5. The first kappa shape index (κ1) is 14.0. The molecule has 0 saturated carbocycles. The van der Waals surface area contributed by atoms with Crippen molar-refractivity contribution in [1.29, 1.82) is 0 Å². The van der Waals surface area contributed by atoms with Crippen LogP contribution in [0.1, 0.15) is 18.4 Å². The maximum Gasteiger partial charge on any atom is 0.222 e. The smallest absolute Gasteiger partial charge is 0.222 e. The van der Waals surface area contributed by atoms with E-state index in [9.17, 15) is 4.79 Å². The zero-order valence-corrected chi connectivity index (χ0v) is 12.2. The molecule has 0 heterocycles. The minimum atomic E-state index is 0.178. The lowest BCUT2D eigenvalue weighted by Crippen LogP contribution is -2.22. The van der Waals surface area contributed by atoms with Crippen molar-refractivity contribution in [2.75, 3.05) is 26.0 Å². The molecule has 0 spiro atoms. The van der Waals surface area contributed by atoms with Gasteiger partial charge < -0.3 is 10.2 Å². The monoisotopic (exact) mass is 298 g/mol. The van der Waals surface area contributed by atoms with Crippen molar-refractivity contribution in [3.05, 3.63) is 28.2 Å². The van der Waals surface area contributed by atoms with Gasteiger partial charge in [0.25, 0.3) is 0 Å². The molecular weight excluding hydrogens is 280 g/mol. The van der Waals surface area contributed by atoms with Gasteiger partial charge in [-0.05, 0) is 31.0 Å². The Morgan fingerprint density at radius 3 is 2.71 bits per heavy atom. The highest BCUT2D eigenvalue weighted by Gasteiger charge is 2.03. The zero-order chi connectivity index (χ0) is 12.8. The van der Waals surface area contributed by atoms with Gasteiger partial charge in [-0.3, -0.25) is 4.79 Å². The number of carbonyl (C=O) groups excluding carboxylic acids is 1. The number of benzene rings is 1. The average Bonchev–Trinajstić information content (AvgIpc) is 2.28. The largest absolute Gasteiger partial charge is 0.385 e. The molecule has 1 rings (SSSR count). The molecular formula is C13H19BrN2O. The lowest BCUT2D eigenvalue weighted by Gasteiger charge is -2.11. The Morgan fingerprint density at radius 1 is 1.41 bits per heavy atom. The summed E-state index contributed by atoms with van der Waals surface area (Å²) in [6.45, 7) is 2.87. The summed E-state index contributed by atoms with van der Waals surface area (Å²) in [4.78, 5) is 13.0. The van der Waals surface area contributed by atoms with Crippen molar-refractivity contribution in [2.45, 2.75) is 19.8 Å². The molecule has 17 heavy (non-hydrogen) atoms. The summed E-state index contributed by atoms with van der Waals surface area (Å²) in [7, 11) is 3.57. The van der Waals surface area contributed by atoms with Crippen LogP contribution in [-0.4, -0.2) is 31.4 Å². The van der Waals surface area contributed by atoms with E-state index >= 15 is 0 Å². The van der Waals surface area contributed by atoms with Crippen LogP contribution in [0.25, 0.3) is 0 Å². The molecule has 0 aliphatic heterocycles. The molecule has 0 aliphatic rings. The number of carbonyl (C=O) groups is 1. The Balaban J connectivity index is 2.31.